The normalized spacial score (nSPS) is 11.1. The number of halogens is 1. The first-order valence-electron chi connectivity index (χ1n) is 7.09. The van der Waals surface area contributed by atoms with Crippen molar-refractivity contribution < 1.29 is 4.79 Å². The Bertz CT molecular complexity index is 1070. The van der Waals surface area contributed by atoms with Gasteiger partial charge < -0.3 is 5.32 Å². The number of rotatable bonds is 2. The van der Waals surface area contributed by atoms with E-state index in [4.69, 9.17) is 11.6 Å². The molecule has 0 aliphatic heterocycles. The summed E-state index contributed by atoms with van der Waals surface area (Å²) in [5.74, 6) is 0. The molecular formula is C16H11ClN4OS2. The van der Waals surface area contributed by atoms with Gasteiger partial charge in [0.25, 0.3) is 0 Å². The summed E-state index contributed by atoms with van der Waals surface area (Å²) >= 11 is 9.10. The van der Waals surface area contributed by atoms with Gasteiger partial charge in [-0.2, -0.15) is 0 Å². The lowest BCUT2D eigenvalue weighted by molar-refractivity contribution is 0.262. The average molecular weight is 375 g/mol. The number of aryl methyl sites for hydroxylation is 1. The third kappa shape index (κ3) is 2.82. The molecule has 120 valence electrons. The second kappa shape index (κ2) is 6.01. The fourth-order valence-corrected chi connectivity index (χ4v) is 4.39. The zero-order valence-corrected chi connectivity index (χ0v) is 14.9. The molecule has 2 heterocycles. The second-order valence-corrected chi connectivity index (χ2v) is 7.71. The summed E-state index contributed by atoms with van der Waals surface area (Å²) in [6, 6.07) is 10.6. The van der Waals surface area contributed by atoms with Crippen LogP contribution in [0.4, 0.5) is 15.6 Å². The van der Waals surface area contributed by atoms with Crippen molar-refractivity contribution in [3.05, 3.63) is 46.4 Å². The van der Waals surface area contributed by atoms with Crippen molar-refractivity contribution in [3.8, 4) is 0 Å². The maximum Gasteiger partial charge on any atom is 0.325 e. The first-order valence-corrected chi connectivity index (χ1v) is 9.10. The first-order chi connectivity index (χ1) is 11.6. The maximum atomic E-state index is 12.2. The van der Waals surface area contributed by atoms with Crippen LogP contribution < -0.4 is 10.6 Å². The Labute approximate surface area is 150 Å². The SMILES string of the molecule is Cc1nc2c(ccc3nc(NC(=O)Nc4ccccc4Cl)sc32)s1. The molecule has 2 aromatic carbocycles. The molecule has 0 saturated carbocycles. The number of carbonyl (C=O) groups excluding carboxylic acids is 1. The van der Waals surface area contributed by atoms with E-state index in [0.29, 0.717) is 15.8 Å². The number of fused-ring (bicyclic) bond motifs is 3. The van der Waals surface area contributed by atoms with E-state index in [9.17, 15) is 4.79 Å². The molecule has 0 unspecified atom stereocenters. The molecule has 5 nitrogen and oxygen atoms in total. The van der Waals surface area contributed by atoms with E-state index < -0.39 is 0 Å². The van der Waals surface area contributed by atoms with E-state index in [1.165, 1.54) is 11.3 Å². The van der Waals surface area contributed by atoms with Gasteiger partial charge in [-0.25, -0.2) is 14.8 Å². The third-order valence-corrected chi connectivity index (χ3v) is 5.62. The molecule has 4 rings (SSSR count). The highest BCUT2D eigenvalue weighted by Gasteiger charge is 2.13. The number of thiazole rings is 2. The van der Waals surface area contributed by atoms with Crippen molar-refractivity contribution in [1.29, 1.82) is 0 Å². The van der Waals surface area contributed by atoms with Gasteiger partial charge in [-0.05, 0) is 31.2 Å². The quantitative estimate of drug-likeness (QED) is 0.486. The van der Waals surface area contributed by atoms with E-state index in [0.717, 1.165) is 25.4 Å². The van der Waals surface area contributed by atoms with Crippen molar-refractivity contribution in [3.63, 3.8) is 0 Å². The number of anilines is 2. The number of amides is 2. The molecule has 0 bridgehead atoms. The lowest BCUT2D eigenvalue weighted by Crippen LogP contribution is -2.19. The second-order valence-electron chi connectivity index (χ2n) is 5.07. The summed E-state index contributed by atoms with van der Waals surface area (Å²) in [6.07, 6.45) is 0. The van der Waals surface area contributed by atoms with Gasteiger partial charge in [-0.15, -0.1) is 11.3 Å². The first kappa shape index (κ1) is 15.3. The molecule has 0 saturated heterocycles. The number of hydrogen-bond acceptors (Lipinski definition) is 5. The summed E-state index contributed by atoms with van der Waals surface area (Å²) in [5.41, 5.74) is 2.31. The van der Waals surface area contributed by atoms with Gasteiger partial charge in [0.2, 0.25) is 0 Å². The summed E-state index contributed by atoms with van der Waals surface area (Å²) in [6.45, 7) is 1.98. The number of hydrogen-bond donors (Lipinski definition) is 2. The van der Waals surface area contributed by atoms with E-state index >= 15 is 0 Å². The van der Waals surface area contributed by atoms with Gasteiger partial charge in [0.15, 0.2) is 5.13 Å². The minimum atomic E-state index is -0.382. The highest BCUT2D eigenvalue weighted by molar-refractivity contribution is 7.24. The molecular weight excluding hydrogens is 364 g/mol. The van der Waals surface area contributed by atoms with Crippen LogP contribution in [-0.4, -0.2) is 16.0 Å². The van der Waals surface area contributed by atoms with Crippen molar-refractivity contribution >= 4 is 71.6 Å². The van der Waals surface area contributed by atoms with E-state index in [1.54, 1.807) is 35.6 Å². The molecule has 0 atom stereocenters. The van der Waals surface area contributed by atoms with Gasteiger partial charge in [-0.3, -0.25) is 5.32 Å². The zero-order chi connectivity index (χ0) is 16.7. The van der Waals surface area contributed by atoms with E-state index in [2.05, 4.69) is 20.6 Å². The van der Waals surface area contributed by atoms with Crippen LogP contribution in [-0.2, 0) is 0 Å². The Morgan fingerprint density at radius 3 is 2.75 bits per heavy atom. The van der Waals surface area contributed by atoms with Crippen LogP contribution in [0.1, 0.15) is 5.01 Å². The van der Waals surface area contributed by atoms with Gasteiger partial charge in [0.1, 0.15) is 5.52 Å². The van der Waals surface area contributed by atoms with Crippen LogP contribution in [0.3, 0.4) is 0 Å². The molecule has 2 N–H and O–H groups in total. The van der Waals surface area contributed by atoms with Gasteiger partial charge in [0, 0.05) is 0 Å². The zero-order valence-electron chi connectivity index (χ0n) is 12.5. The number of urea groups is 1. The molecule has 0 aliphatic carbocycles. The van der Waals surface area contributed by atoms with Crippen molar-refractivity contribution in [2.75, 3.05) is 10.6 Å². The Morgan fingerprint density at radius 1 is 1.08 bits per heavy atom. The number of aromatic nitrogens is 2. The van der Waals surface area contributed by atoms with Gasteiger partial charge in [0.05, 0.1) is 30.6 Å². The molecule has 0 spiro atoms. The number of nitrogens with zero attached hydrogens (tertiary/aromatic N) is 2. The topological polar surface area (TPSA) is 66.9 Å². The minimum Gasteiger partial charge on any atom is -0.306 e. The Kier molecular flexibility index (Phi) is 3.84. The highest BCUT2D eigenvalue weighted by atomic mass is 35.5. The van der Waals surface area contributed by atoms with E-state index in [-0.39, 0.29) is 6.03 Å². The smallest absolute Gasteiger partial charge is 0.306 e. The van der Waals surface area contributed by atoms with Crippen LogP contribution in [0.25, 0.3) is 20.4 Å². The van der Waals surface area contributed by atoms with Gasteiger partial charge >= 0.3 is 6.03 Å². The largest absolute Gasteiger partial charge is 0.325 e. The molecule has 0 radical (unpaired) electrons. The predicted octanol–water partition coefficient (Wildman–Crippen LogP) is 5.51. The summed E-state index contributed by atoms with van der Waals surface area (Å²) in [4.78, 5) is 21.2. The fourth-order valence-electron chi connectivity index (χ4n) is 2.35. The molecule has 24 heavy (non-hydrogen) atoms. The molecule has 4 aromatic rings. The van der Waals surface area contributed by atoms with Crippen LogP contribution in [0.15, 0.2) is 36.4 Å². The average Bonchev–Trinajstić information content (AvgIpc) is 3.11. The van der Waals surface area contributed by atoms with E-state index in [1.807, 2.05) is 19.1 Å². The van der Waals surface area contributed by atoms with Crippen molar-refractivity contribution in [2.45, 2.75) is 6.92 Å². The molecule has 0 fully saturated rings. The minimum absolute atomic E-state index is 0.382. The number of benzene rings is 2. The number of carbonyl (C=O) groups is 1. The number of nitrogens with one attached hydrogen (secondary N) is 2. The van der Waals surface area contributed by atoms with Crippen LogP contribution in [0, 0.1) is 6.92 Å². The number of para-hydroxylation sites is 1. The molecule has 2 amide bonds. The molecule has 2 aromatic heterocycles. The fraction of sp³-hybridized carbons (Fsp3) is 0.0625. The standard InChI is InChI=1S/C16H11ClN4OS2/c1-8-18-13-12(23-8)7-6-11-14(13)24-16(20-11)21-15(22)19-10-5-3-2-4-9(10)17/h2-7H,1H3,(H2,19,20,21,22). The van der Waals surface area contributed by atoms with Gasteiger partial charge in [-0.1, -0.05) is 35.1 Å². The Balaban J connectivity index is 1.61. The maximum absolute atomic E-state index is 12.2. The monoisotopic (exact) mass is 374 g/mol. The summed E-state index contributed by atoms with van der Waals surface area (Å²) in [7, 11) is 0. The van der Waals surface area contributed by atoms with Crippen LogP contribution in [0.5, 0.6) is 0 Å². The van der Waals surface area contributed by atoms with Crippen LogP contribution in [0.2, 0.25) is 5.02 Å². The molecule has 8 heteroatoms. The van der Waals surface area contributed by atoms with Crippen molar-refractivity contribution in [2.24, 2.45) is 0 Å². The summed E-state index contributed by atoms with van der Waals surface area (Å²) < 4.78 is 2.10. The lowest BCUT2D eigenvalue weighted by atomic mass is 10.3. The summed E-state index contributed by atoms with van der Waals surface area (Å²) in [5, 5.41) is 7.48. The highest BCUT2D eigenvalue weighted by Crippen LogP contribution is 2.34. The third-order valence-electron chi connectivity index (χ3n) is 3.36. The predicted molar refractivity (Wildman–Crippen MR) is 102 cm³/mol. The lowest BCUT2D eigenvalue weighted by Gasteiger charge is -2.06. The van der Waals surface area contributed by atoms with Crippen molar-refractivity contribution in [1.82, 2.24) is 9.97 Å². The Hall–Kier alpha value is -2.22. The van der Waals surface area contributed by atoms with Crippen LogP contribution >= 0.6 is 34.3 Å². The Morgan fingerprint density at radius 2 is 1.92 bits per heavy atom. The molecule has 0 aliphatic rings.